The number of aryl methyl sites for hydroxylation is 1. The van der Waals surface area contributed by atoms with E-state index in [1.807, 2.05) is 31.3 Å². The molecule has 2 fully saturated rings. The third kappa shape index (κ3) is 5.12. The van der Waals surface area contributed by atoms with Crippen LogP contribution in [0.1, 0.15) is 54.4 Å². The van der Waals surface area contributed by atoms with Gasteiger partial charge in [-0.3, -0.25) is 14.5 Å². The highest BCUT2D eigenvalue weighted by Gasteiger charge is 2.38. The van der Waals surface area contributed by atoms with E-state index in [9.17, 15) is 9.59 Å². The number of amides is 1. The largest absolute Gasteiger partial charge is 0.369 e. The summed E-state index contributed by atoms with van der Waals surface area (Å²) >= 11 is 6.21. The lowest BCUT2D eigenvalue weighted by atomic mass is 9.95. The number of ketones is 1. The Hall–Kier alpha value is -2.57. The second-order valence-electron chi connectivity index (χ2n) is 10.4. The number of unbranched alkanes of at least 4 members (excludes halogenated alkanes) is 1. The average Bonchev–Trinajstić information content (AvgIpc) is 2.91. The standard InChI is InChI=1S/C29H37ClN4O2/c1-21-9-11-23(30)20-26(21)33-17-15-32(16-18-33)13-5-4-8-28(35)22-10-12-24-27(19-22)31(2)29(36)25-7-3-6-14-34(24)25/h9-12,19-20,25H,3-8,13-18H2,1-2H3. The van der Waals surface area contributed by atoms with Crippen LogP contribution in [0.5, 0.6) is 0 Å². The van der Waals surface area contributed by atoms with E-state index in [0.29, 0.717) is 6.42 Å². The van der Waals surface area contributed by atoms with Crippen LogP contribution < -0.4 is 14.7 Å². The molecule has 192 valence electrons. The Morgan fingerprint density at radius 2 is 1.75 bits per heavy atom. The second kappa shape index (κ2) is 10.8. The molecular formula is C29H37ClN4O2. The van der Waals surface area contributed by atoms with E-state index in [-0.39, 0.29) is 17.7 Å². The lowest BCUT2D eigenvalue weighted by Crippen LogP contribution is -2.54. The summed E-state index contributed by atoms with van der Waals surface area (Å²) in [5.41, 5.74) is 5.18. The van der Waals surface area contributed by atoms with Crippen molar-refractivity contribution in [3.63, 3.8) is 0 Å². The number of Topliss-reactive ketones (excluding diaryl/α,β-unsaturated/α-hetero) is 1. The zero-order valence-electron chi connectivity index (χ0n) is 21.5. The highest BCUT2D eigenvalue weighted by Crippen LogP contribution is 2.39. The number of nitrogens with zero attached hydrogens (tertiary/aromatic N) is 4. The first-order chi connectivity index (χ1) is 17.4. The van der Waals surface area contributed by atoms with Gasteiger partial charge in [0.15, 0.2) is 5.78 Å². The van der Waals surface area contributed by atoms with E-state index in [1.54, 1.807) is 4.90 Å². The molecule has 2 aromatic carbocycles. The van der Waals surface area contributed by atoms with Gasteiger partial charge in [0.1, 0.15) is 6.04 Å². The fourth-order valence-electron chi connectivity index (χ4n) is 5.93. The number of rotatable bonds is 7. The number of hydrogen-bond acceptors (Lipinski definition) is 5. The Balaban J connectivity index is 1.10. The van der Waals surface area contributed by atoms with Crippen LogP contribution in [0.25, 0.3) is 0 Å². The Bertz CT molecular complexity index is 1130. The van der Waals surface area contributed by atoms with Gasteiger partial charge < -0.3 is 14.7 Å². The summed E-state index contributed by atoms with van der Waals surface area (Å²) in [5.74, 6) is 0.318. The molecule has 7 heteroatoms. The molecule has 3 aliphatic heterocycles. The van der Waals surface area contributed by atoms with Gasteiger partial charge in [-0.2, -0.15) is 0 Å². The first kappa shape index (κ1) is 25.1. The number of piperazine rings is 1. The minimum atomic E-state index is -0.0471. The number of hydrogen-bond donors (Lipinski definition) is 0. The predicted octanol–water partition coefficient (Wildman–Crippen LogP) is 5.16. The summed E-state index contributed by atoms with van der Waals surface area (Å²) in [4.78, 5) is 34.8. The van der Waals surface area contributed by atoms with Gasteiger partial charge in [-0.25, -0.2) is 0 Å². The summed E-state index contributed by atoms with van der Waals surface area (Å²) in [6.07, 6.45) is 5.57. The van der Waals surface area contributed by atoms with Crippen molar-refractivity contribution in [3.8, 4) is 0 Å². The van der Waals surface area contributed by atoms with E-state index in [2.05, 4.69) is 33.8 Å². The van der Waals surface area contributed by atoms with Crippen LogP contribution in [0, 0.1) is 6.92 Å². The topological polar surface area (TPSA) is 47.1 Å². The number of carbonyl (C=O) groups is 2. The molecule has 6 nitrogen and oxygen atoms in total. The molecule has 1 amide bonds. The fourth-order valence-corrected chi connectivity index (χ4v) is 6.09. The zero-order valence-corrected chi connectivity index (χ0v) is 22.3. The van der Waals surface area contributed by atoms with Crippen molar-refractivity contribution in [1.29, 1.82) is 0 Å². The maximum atomic E-state index is 13.0. The van der Waals surface area contributed by atoms with E-state index in [4.69, 9.17) is 11.6 Å². The molecular weight excluding hydrogens is 472 g/mol. The normalized spacial score (nSPS) is 20.4. The van der Waals surface area contributed by atoms with Crippen molar-refractivity contribution >= 4 is 40.4 Å². The van der Waals surface area contributed by atoms with Gasteiger partial charge in [0.2, 0.25) is 5.91 Å². The minimum Gasteiger partial charge on any atom is -0.369 e. The van der Waals surface area contributed by atoms with Crippen molar-refractivity contribution in [2.75, 3.05) is 61.0 Å². The average molecular weight is 509 g/mol. The summed E-state index contributed by atoms with van der Waals surface area (Å²) in [6.45, 7) is 8.13. The molecule has 0 radical (unpaired) electrons. The molecule has 0 N–H and O–H groups in total. The fraction of sp³-hybridized carbons (Fsp3) is 0.517. The van der Waals surface area contributed by atoms with Crippen molar-refractivity contribution in [2.24, 2.45) is 0 Å². The molecule has 1 unspecified atom stereocenters. The number of fused-ring (bicyclic) bond motifs is 3. The highest BCUT2D eigenvalue weighted by atomic mass is 35.5. The summed E-state index contributed by atoms with van der Waals surface area (Å²) < 4.78 is 0. The number of carbonyl (C=O) groups excluding carboxylic acids is 2. The lowest BCUT2D eigenvalue weighted by molar-refractivity contribution is -0.120. The minimum absolute atomic E-state index is 0.0471. The van der Waals surface area contributed by atoms with Crippen LogP contribution in [-0.4, -0.2) is 68.9 Å². The van der Waals surface area contributed by atoms with Crippen LogP contribution in [0.3, 0.4) is 0 Å². The summed E-state index contributed by atoms with van der Waals surface area (Å²) in [7, 11) is 1.84. The van der Waals surface area contributed by atoms with Crippen LogP contribution in [0.15, 0.2) is 36.4 Å². The van der Waals surface area contributed by atoms with Gasteiger partial charge in [-0.1, -0.05) is 17.7 Å². The quantitative estimate of drug-likeness (QED) is 0.382. The van der Waals surface area contributed by atoms with Gasteiger partial charge in [0.25, 0.3) is 0 Å². The van der Waals surface area contributed by atoms with Crippen molar-refractivity contribution < 1.29 is 9.59 Å². The zero-order chi connectivity index (χ0) is 25.2. The highest BCUT2D eigenvalue weighted by molar-refractivity contribution is 6.30. The van der Waals surface area contributed by atoms with Crippen molar-refractivity contribution in [2.45, 2.75) is 51.5 Å². The molecule has 0 aliphatic carbocycles. The predicted molar refractivity (Wildman–Crippen MR) is 148 cm³/mol. The molecule has 3 heterocycles. The molecule has 0 spiro atoms. The first-order valence-corrected chi connectivity index (χ1v) is 13.7. The number of anilines is 3. The Labute approximate surface area is 219 Å². The molecule has 36 heavy (non-hydrogen) atoms. The van der Waals surface area contributed by atoms with Crippen LogP contribution >= 0.6 is 11.6 Å². The molecule has 2 aromatic rings. The van der Waals surface area contributed by atoms with E-state index < -0.39 is 0 Å². The molecule has 0 aromatic heterocycles. The van der Waals surface area contributed by atoms with E-state index in [0.717, 1.165) is 93.3 Å². The third-order valence-corrected chi connectivity index (χ3v) is 8.33. The second-order valence-corrected chi connectivity index (χ2v) is 10.9. The molecule has 2 saturated heterocycles. The van der Waals surface area contributed by atoms with Crippen molar-refractivity contribution in [1.82, 2.24) is 4.90 Å². The smallest absolute Gasteiger partial charge is 0.249 e. The number of piperidine rings is 1. The monoisotopic (exact) mass is 508 g/mol. The molecule has 3 aliphatic rings. The number of likely N-dealkylation sites (N-methyl/N-ethyl adjacent to an activating group) is 1. The number of benzene rings is 2. The maximum Gasteiger partial charge on any atom is 0.249 e. The molecule has 5 rings (SSSR count). The Morgan fingerprint density at radius 1 is 0.944 bits per heavy atom. The SMILES string of the molecule is Cc1ccc(Cl)cc1N1CCN(CCCCC(=O)c2ccc3c(c2)N(C)C(=O)C2CCCCN32)CC1. The number of halogens is 1. The van der Waals surface area contributed by atoms with Gasteiger partial charge in [0, 0.05) is 62.5 Å². The summed E-state index contributed by atoms with van der Waals surface area (Å²) in [6, 6.07) is 12.0. The molecule has 0 saturated carbocycles. The lowest BCUT2D eigenvalue weighted by Gasteiger charge is -2.44. The molecule has 0 bridgehead atoms. The first-order valence-electron chi connectivity index (χ1n) is 13.4. The Kier molecular flexibility index (Phi) is 7.54. The van der Waals surface area contributed by atoms with Crippen LogP contribution in [-0.2, 0) is 4.79 Å². The van der Waals surface area contributed by atoms with E-state index >= 15 is 0 Å². The summed E-state index contributed by atoms with van der Waals surface area (Å²) in [5, 5.41) is 0.788. The van der Waals surface area contributed by atoms with Gasteiger partial charge in [-0.15, -0.1) is 0 Å². The van der Waals surface area contributed by atoms with Crippen LogP contribution in [0.4, 0.5) is 17.1 Å². The molecule has 1 atom stereocenters. The Morgan fingerprint density at radius 3 is 2.56 bits per heavy atom. The van der Waals surface area contributed by atoms with Gasteiger partial charge in [0.05, 0.1) is 11.4 Å². The van der Waals surface area contributed by atoms with Crippen LogP contribution in [0.2, 0.25) is 5.02 Å². The maximum absolute atomic E-state index is 13.0. The van der Waals surface area contributed by atoms with E-state index in [1.165, 1.54) is 11.3 Å². The van der Waals surface area contributed by atoms with Gasteiger partial charge >= 0.3 is 0 Å². The van der Waals surface area contributed by atoms with Gasteiger partial charge in [-0.05, 0) is 81.5 Å². The van der Waals surface area contributed by atoms with Crippen molar-refractivity contribution in [3.05, 3.63) is 52.5 Å². The third-order valence-electron chi connectivity index (χ3n) is 8.10.